The van der Waals surface area contributed by atoms with Crippen LogP contribution in [0, 0.1) is 12.3 Å². The number of carbonyl (C=O) groups is 2. The van der Waals surface area contributed by atoms with Crippen molar-refractivity contribution in [3.8, 4) is 11.5 Å². The zero-order valence-corrected chi connectivity index (χ0v) is 20.5. The molecule has 0 aromatic heterocycles. The van der Waals surface area contributed by atoms with Crippen molar-refractivity contribution in [3.63, 3.8) is 0 Å². The van der Waals surface area contributed by atoms with Gasteiger partial charge in [-0.15, -0.1) is 0 Å². The third-order valence-electron chi connectivity index (χ3n) is 6.21. The number of nitrogens with zero attached hydrogens (tertiary/aromatic N) is 1. The van der Waals surface area contributed by atoms with Crippen LogP contribution in [0.25, 0.3) is 0 Å². The third kappa shape index (κ3) is 6.44. The minimum absolute atomic E-state index is 0.0698. The van der Waals surface area contributed by atoms with E-state index in [-0.39, 0.29) is 5.91 Å². The molecule has 1 aliphatic rings. The Balaban J connectivity index is 1.68. The molecular formula is C26H33NO5S. The highest BCUT2D eigenvalue weighted by Gasteiger charge is 2.49. The first-order valence-electron chi connectivity index (χ1n) is 11.3. The molecule has 3 rings (SSSR count). The van der Waals surface area contributed by atoms with Crippen molar-refractivity contribution in [1.29, 1.82) is 0 Å². The highest BCUT2D eigenvalue weighted by atomic mass is 32.2. The Morgan fingerprint density at radius 2 is 1.70 bits per heavy atom. The van der Waals surface area contributed by atoms with Gasteiger partial charge in [0.25, 0.3) is 5.91 Å². The lowest BCUT2D eigenvalue weighted by molar-refractivity contribution is -0.142. The maximum absolute atomic E-state index is 13.5. The first-order valence-corrected chi connectivity index (χ1v) is 12.4. The second-order valence-corrected chi connectivity index (χ2v) is 9.63. The Morgan fingerprint density at radius 1 is 1.06 bits per heavy atom. The molecule has 1 aliphatic carbocycles. The molecule has 2 aromatic carbocycles. The zero-order chi connectivity index (χ0) is 23.8. The molecule has 0 radical (unpaired) electrons. The van der Waals surface area contributed by atoms with Gasteiger partial charge in [-0.05, 0) is 50.3 Å². The highest BCUT2D eigenvalue weighted by Crippen LogP contribution is 2.48. The summed E-state index contributed by atoms with van der Waals surface area (Å²) in [6.07, 6.45) is 3.23. The number of aryl methyl sites for hydroxylation is 1. The number of amides is 1. The fourth-order valence-electron chi connectivity index (χ4n) is 3.84. The maximum atomic E-state index is 13.5. The lowest BCUT2D eigenvalue weighted by Gasteiger charge is -2.24. The minimum Gasteiger partial charge on any atom is -0.496 e. The molecule has 6 nitrogen and oxygen atoms in total. The normalized spacial score (nSPS) is 13.9. The summed E-state index contributed by atoms with van der Waals surface area (Å²) in [5.74, 6) is 1.76. The number of carboxylic acid groups (broad SMARTS) is 1. The van der Waals surface area contributed by atoms with E-state index in [0.717, 1.165) is 31.2 Å². The van der Waals surface area contributed by atoms with Crippen molar-refractivity contribution in [2.75, 3.05) is 38.8 Å². The molecule has 33 heavy (non-hydrogen) atoms. The maximum Gasteiger partial charge on any atom is 0.310 e. The van der Waals surface area contributed by atoms with Crippen molar-refractivity contribution in [3.05, 3.63) is 59.2 Å². The van der Waals surface area contributed by atoms with E-state index in [1.54, 1.807) is 38.1 Å². The molecule has 1 fully saturated rings. The number of ether oxygens (including phenoxy) is 2. The van der Waals surface area contributed by atoms with E-state index in [1.807, 2.05) is 30.0 Å². The van der Waals surface area contributed by atoms with Crippen LogP contribution in [0.15, 0.2) is 42.5 Å². The standard InChI is InChI=1S/C26H33NO5S/c1-19-22(31-2)16-21(17-23(19)32-3)24(28)27(13-7-10-20-8-5-4-6-9-20)14-15-33-18-26(11-12-26)25(29)30/h4-6,8-9,16-17H,7,10-15,18H2,1-3H3,(H,29,30). The summed E-state index contributed by atoms with van der Waals surface area (Å²) in [4.78, 5) is 26.7. The third-order valence-corrected chi connectivity index (χ3v) is 7.44. The van der Waals surface area contributed by atoms with Crippen molar-refractivity contribution in [2.45, 2.75) is 32.6 Å². The van der Waals surface area contributed by atoms with E-state index in [9.17, 15) is 14.7 Å². The van der Waals surface area contributed by atoms with Crippen LogP contribution in [0.3, 0.4) is 0 Å². The average molecular weight is 472 g/mol. The number of aliphatic carboxylic acids is 1. The number of hydrogen-bond donors (Lipinski definition) is 1. The van der Waals surface area contributed by atoms with Crippen LogP contribution < -0.4 is 9.47 Å². The molecule has 7 heteroatoms. The summed E-state index contributed by atoms with van der Waals surface area (Å²) in [6.45, 7) is 3.08. The number of hydrogen-bond acceptors (Lipinski definition) is 5. The molecule has 1 N–H and O–H groups in total. The summed E-state index contributed by atoms with van der Waals surface area (Å²) in [7, 11) is 3.17. The zero-order valence-electron chi connectivity index (χ0n) is 19.6. The van der Waals surface area contributed by atoms with E-state index < -0.39 is 11.4 Å². The predicted octanol–water partition coefficient (Wildman–Crippen LogP) is 4.69. The second-order valence-electron chi connectivity index (χ2n) is 8.53. The van der Waals surface area contributed by atoms with Crippen LogP contribution in [-0.4, -0.2) is 60.7 Å². The highest BCUT2D eigenvalue weighted by molar-refractivity contribution is 7.99. The smallest absolute Gasteiger partial charge is 0.310 e. The fraction of sp³-hybridized carbons (Fsp3) is 0.462. The first-order chi connectivity index (χ1) is 15.9. The molecule has 0 aliphatic heterocycles. The molecule has 1 amide bonds. The molecule has 0 bridgehead atoms. The molecule has 1 saturated carbocycles. The van der Waals surface area contributed by atoms with Crippen LogP contribution >= 0.6 is 11.8 Å². The lowest BCUT2D eigenvalue weighted by Crippen LogP contribution is -2.34. The van der Waals surface area contributed by atoms with Gasteiger partial charge in [-0.1, -0.05) is 30.3 Å². The monoisotopic (exact) mass is 471 g/mol. The largest absolute Gasteiger partial charge is 0.496 e. The van der Waals surface area contributed by atoms with Crippen molar-refractivity contribution in [1.82, 2.24) is 4.90 Å². The summed E-state index contributed by atoms with van der Waals surface area (Å²) < 4.78 is 10.9. The molecular weight excluding hydrogens is 438 g/mol. The number of methoxy groups -OCH3 is 2. The summed E-state index contributed by atoms with van der Waals surface area (Å²) in [5.41, 5.74) is 2.08. The molecule has 0 saturated heterocycles. The lowest BCUT2D eigenvalue weighted by atomic mass is 10.1. The van der Waals surface area contributed by atoms with Crippen LogP contribution in [0.4, 0.5) is 0 Å². The van der Waals surface area contributed by atoms with E-state index >= 15 is 0 Å². The van der Waals surface area contributed by atoms with Crippen molar-refractivity contribution >= 4 is 23.6 Å². The van der Waals surface area contributed by atoms with Gasteiger partial charge in [0.15, 0.2) is 0 Å². The number of benzene rings is 2. The molecule has 2 aromatic rings. The Morgan fingerprint density at radius 3 is 2.24 bits per heavy atom. The van der Waals surface area contributed by atoms with Crippen molar-refractivity contribution in [2.24, 2.45) is 5.41 Å². The van der Waals surface area contributed by atoms with Gasteiger partial charge in [0.1, 0.15) is 11.5 Å². The summed E-state index contributed by atoms with van der Waals surface area (Å²) in [5, 5.41) is 9.39. The van der Waals surface area contributed by atoms with Crippen molar-refractivity contribution < 1.29 is 24.2 Å². The van der Waals surface area contributed by atoms with E-state index in [1.165, 1.54) is 5.56 Å². The van der Waals surface area contributed by atoms with Gasteiger partial charge in [-0.2, -0.15) is 11.8 Å². The Kier molecular flexibility index (Phi) is 8.67. The molecule has 178 valence electrons. The first kappa shape index (κ1) is 25.0. The van der Waals surface area contributed by atoms with Crippen LogP contribution in [-0.2, 0) is 11.2 Å². The predicted molar refractivity (Wildman–Crippen MR) is 132 cm³/mol. The second kappa shape index (κ2) is 11.5. The summed E-state index contributed by atoms with van der Waals surface area (Å²) in [6, 6.07) is 13.8. The topological polar surface area (TPSA) is 76.1 Å². The number of thioether (sulfide) groups is 1. The van der Waals surface area contributed by atoms with Crippen LogP contribution in [0.5, 0.6) is 11.5 Å². The quantitative estimate of drug-likeness (QED) is 0.427. The molecule has 0 unspecified atom stereocenters. The molecule has 0 heterocycles. The molecule has 0 spiro atoms. The minimum atomic E-state index is -0.704. The number of carboxylic acids is 1. The Hall–Kier alpha value is -2.67. The van der Waals surface area contributed by atoms with Crippen LogP contribution in [0.1, 0.15) is 40.7 Å². The number of rotatable bonds is 13. The average Bonchev–Trinajstić information content (AvgIpc) is 3.62. The number of carbonyl (C=O) groups excluding carboxylic acids is 1. The van der Waals surface area contributed by atoms with Gasteiger partial charge >= 0.3 is 5.97 Å². The van der Waals surface area contributed by atoms with Gasteiger partial charge in [0, 0.05) is 35.7 Å². The van der Waals surface area contributed by atoms with Gasteiger partial charge < -0.3 is 19.5 Å². The van der Waals surface area contributed by atoms with Crippen LogP contribution in [0.2, 0.25) is 0 Å². The van der Waals surface area contributed by atoms with E-state index in [2.05, 4.69) is 12.1 Å². The molecule has 0 atom stereocenters. The summed E-state index contributed by atoms with van der Waals surface area (Å²) >= 11 is 1.62. The Bertz CT molecular complexity index is 933. The Labute approximate surface area is 200 Å². The van der Waals surface area contributed by atoms with Gasteiger partial charge in [-0.25, -0.2) is 0 Å². The van der Waals surface area contributed by atoms with E-state index in [4.69, 9.17) is 9.47 Å². The van der Waals surface area contributed by atoms with Gasteiger partial charge in [0.05, 0.1) is 19.6 Å². The van der Waals surface area contributed by atoms with E-state index in [0.29, 0.717) is 41.7 Å². The fourth-order valence-corrected chi connectivity index (χ4v) is 5.14. The van der Waals surface area contributed by atoms with Gasteiger partial charge in [-0.3, -0.25) is 9.59 Å². The SMILES string of the molecule is COc1cc(C(=O)N(CCCc2ccccc2)CCSCC2(C(=O)O)CC2)cc(OC)c1C. The van der Waals surface area contributed by atoms with Gasteiger partial charge in [0.2, 0.25) is 0 Å².